The van der Waals surface area contributed by atoms with Crippen molar-refractivity contribution in [2.75, 3.05) is 7.11 Å². The Labute approximate surface area is 173 Å². The maximum atomic E-state index is 12.3. The van der Waals surface area contributed by atoms with Crippen LogP contribution < -0.4 is 10.9 Å². The highest BCUT2D eigenvalue weighted by atomic mass is 32.1. The zero-order valence-electron chi connectivity index (χ0n) is 16.4. The molecule has 2 N–H and O–H groups in total. The Morgan fingerprint density at radius 2 is 2.14 bits per heavy atom. The van der Waals surface area contributed by atoms with Gasteiger partial charge in [0.1, 0.15) is 11.5 Å². The van der Waals surface area contributed by atoms with Crippen molar-refractivity contribution in [3.8, 4) is 0 Å². The third-order valence-electron chi connectivity index (χ3n) is 4.74. The van der Waals surface area contributed by atoms with E-state index in [0.717, 1.165) is 19.3 Å². The monoisotopic (exact) mass is 416 g/mol. The highest BCUT2D eigenvalue weighted by Gasteiger charge is 2.20. The zero-order chi connectivity index (χ0) is 20.8. The maximum Gasteiger partial charge on any atom is 0.305 e. The summed E-state index contributed by atoms with van der Waals surface area (Å²) in [4.78, 5) is 37.2. The number of furan rings is 1. The second-order valence-corrected chi connectivity index (χ2v) is 8.20. The summed E-state index contributed by atoms with van der Waals surface area (Å²) in [6.07, 6.45) is 6.57. The van der Waals surface area contributed by atoms with Crippen molar-refractivity contribution in [3.05, 3.63) is 51.1 Å². The number of carbonyl (C=O) groups excluding carboxylic acids is 3. The Morgan fingerprint density at radius 3 is 2.93 bits per heavy atom. The lowest BCUT2D eigenvalue weighted by Crippen LogP contribution is -2.40. The van der Waals surface area contributed by atoms with Crippen LogP contribution in [0.25, 0.3) is 6.08 Å². The predicted octanol–water partition coefficient (Wildman–Crippen LogP) is 3.05. The van der Waals surface area contributed by atoms with E-state index in [1.807, 2.05) is 6.07 Å². The average molecular weight is 416 g/mol. The molecule has 154 valence electrons. The van der Waals surface area contributed by atoms with Crippen LogP contribution >= 0.6 is 11.3 Å². The standard InChI is InChI=1S/C21H24N2O5S/c1-13-3-8-17-14(11-13)12-18(29-17)21(26)23-22-19(24)9-6-15-4-5-16(28-15)7-10-20(25)27-2/h4-6,9,12-13H,3,7-8,10-11H2,1-2H3,(H,22,24)(H,23,26)/b9-6+/t13-/m1/s1. The van der Waals surface area contributed by atoms with Gasteiger partial charge in [-0.1, -0.05) is 6.92 Å². The number of hydrogen-bond acceptors (Lipinski definition) is 6. The molecule has 2 aromatic heterocycles. The molecular weight excluding hydrogens is 392 g/mol. The summed E-state index contributed by atoms with van der Waals surface area (Å²) in [5.74, 6) is 0.643. The fourth-order valence-corrected chi connectivity index (χ4v) is 4.25. The van der Waals surface area contributed by atoms with E-state index in [4.69, 9.17) is 4.42 Å². The van der Waals surface area contributed by atoms with Crippen molar-refractivity contribution in [2.45, 2.75) is 39.0 Å². The lowest BCUT2D eigenvalue weighted by atomic mass is 9.90. The highest BCUT2D eigenvalue weighted by molar-refractivity contribution is 7.14. The number of aryl methyl sites for hydroxylation is 2. The molecule has 29 heavy (non-hydrogen) atoms. The van der Waals surface area contributed by atoms with Gasteiger partial charge in [0.2, 0.25) is 0 Å². The van der Waals surface area contributed by atoms with Crippen LogP contribution in [0.1, 0.15) is 51.4 Å². The number of rotatable bonds is 6. The summed E-state index contributed by atoms with van der Waals surface area (Å²) in [5, 5.41) is 0. The SMILES string of the molecule is COC(=O)CCc1ccc(/C=C/C(=O)NNC(=O)c2cc3c(s2)CC[C@@H](C)C3)o1. The number of amides is 2. The number of fused-ring (bicyclic) bond motifs is 1. The van der Waals surface area contributed by atoms with Crippen LogP contribution in [0.5, 0.6) is 0 Å². The Bertz CT molecular complexity index is 927. The van der Waals surface area contributed by atoms with Gasteiger partial charge in [-0.3, -0.25) is 25.2 Å². The number of methoxy groups -OCH3 is 1. The summed E-state index contributed by atoms with van der Waals surface area (Å²) in [5.41, 5.74) is 6.05. The van der Waals surface area contributed by atoms with Crippen LogP contribution in [0.3, 0.4) is 0 Å². The predicted molar refractivity (Wildman–Crippen MR) is 109 cm³/mol. The zero-order valence-corrected chi connectivity index (χ0v) is 17.3. The smallest absolute Gasteiger partial charge is 0.305 e. The molecule has 3 rings (SSSR count). The van der Waals surface area contributed by atoms with Crippen LogP contribution in [-0.2, 0) is 33.6 Å². The molecule has 1 aliphatic carbocycles. The van der Waals surface area contributed by atoms with Gasteiger partial charge in [-0.15, -0.1) is 11.3 Å². The van der Waals surface area contributed by atoms with Gasteiger partial charge in [0.25, 0.3) is 11.8 Å². The molecular formula is C21H24N2O5S. The van der Waals surface area contributed by atoms with Crippen LogP contribution in [-0.4, -0.2) is 24.9 Å². The van der Waals surface area contributed by atoms with E-state index in [1.165, 1.54) is 41.0 Å². The summed E-state index contributed by atoms with van der Waals surface area (Å²) >= 11 is 1.49. The molecule has 7 nitrogen and oxygen atoms in total. The third-order valence-corrected chi connectivity index (χ3v) is 5.97. The third kappa shape index (κ3) is 5.80. The second kappa shape index (κ2) is 9.56. The van der Waals surface area contributed by atoms with E-state index >= 15 is 0 Å². The number of thiophene rings is 1. The first-order valence-corrected chi connectivity index (χ1v) is 10.3. The number of ether oxygens (including phenoxy) is 1. The minimum Gasteiger partial charge on any atom is -0.469 e. The Kier molecular flexibility index (Phi) is 6.87. The molecule has 1 aliphatic rings. The van der Waals surface area contributed by atoms with Gasteiger partial charge in [0.15, 0.2) is 0 Å². The number of hydrogen-bond donors (Lipinski definition) is 2. The van der Waals surface area contributed by atoms with Crippen LogP contribution in [0.4, 0.5) is 0 Å². The van der Waals surface area contributed by atoms with Gasteiger partial charge in [-0.05, 0) is 55.0 Å². The summed E-state index contributed by atoms with van der Waals surface area (Å²) in [6.45, 7) is 2.22. The fraction of sp³-hybridized carbons (Fsp3) is 0.381. The summed E-state index contributed by atoms with van der Waals surface area (Å²) in [6, 6.07) is 5.36. The molecule has 0 unspecified atom stereocenters. The van der Waals surface area contributed by atoms with E-state index in [9.17, 15) is 14.4 Å². The van der Waals surface area contributed by atoms with Crippen LogP contribution in [0, 0.1) is 5.92 Å². The Morgan fingerprint density at radius 1 is 1.31 bits per heavy atom. The number of nitrogens with one attached hydrogen (secondary N) is 2. The van der Waals surface area contributed by atoms with Crippen molar-refractivity contribution in [3.63, 3.8) is 0 Å². The van der Waals surface area contributed by atoms with Crippen LogP contribution in [0.15, 0.2) is 28.7 Å². The summed E-state index contributed by atoms with van der Waals surface area (Å²) in [7, 11) is 1.34. The van der Waals surface area contributed by atoms with Crippen molar-refractivity contribution in [2.24, 2.45) is 5.92 Å². The van der Waals surface area contributed by atoms with Gasteiger partial charge in [-0.25, -0.2) is 0 Å². The molecule has 0 aromatic carbocycles. The van der Waals surface area contributed by atoms with E-state index < -0.39 is 5.91 Å². The lowest BCUT2D eigenvalue weighted by Gasteiger charge is -2.16. The molecule has 8 heteroatoms. The van der Waals surface area contributed by atoms with Crippen molar-refractivity contribution in [1.29, 1.82) is 0 Å². The van der Waals surface area contributed by atoms with Crippen molar-refractivity contribution >= 4 is 35.2 Å². The topological polar surface area (TPSA) is 97.6 Å². The van der Waals surface area contributed by atoms with Crippen molar-refractivity contribution < 1.29 is 23.5 Å². The molecule has 1 atom stereocenters. The normalized spacial score (nSPS) is 15.7. The van der Waals surface area contributed by atoms with E-state index in [2.05, 4.69) is 22.5 Å². The molecule has 0 radical (unpaired) electrons. The lowest BCUT2D eigenvalue weighted by molar-refractivity contribution is -0.140. The summed E-state index contributed by atoms with van der Waals surface area (Å²) < 4.78 is 10.1. The minimum absolute atomic E-state index is 0.227. The van der Waals surface area contributed by atoms with Gasteiger partial charge in [-0.2, -0.15) is 0 Å². The molecule has 2 aromatic rings. The Hall–Kier alpha value is -2.87. The average Bonchev–Trinajstić information content (AvgIpc) is 3.34. The molecule has 2 amide bonds. The van der Waals surface area contributed by atoms with Gasteiger partial charge in [0.05, 0.1) is 18.4 Å². The van der Waals surface area contributed by atoms with E-state index in [1.54, 1.807) is 12.1 Å². The molecule has 2 heterocycles. The fourth-order valence-electron chi connectivity index (χ4n) is 3.14. The van der Waals surface area contributed by atoms with Gasteiger partial charge < -0.3 is 9.15 Å². The van der Waals surface area contributed by atoms with E-state index in [-0.39, 0.29) is 18.3 Å². The maximum absolute atomic E-state index is 12.3. The van der Waals surface area contributed by atoms with Crippen LogP contribution in [0.2, 0.25) is 0 Å². The van der Waals surface area contributed by atoms with Crippen molar-refractivity contribution in [1.82, 2.24) is 10.9 Å². The first kappa shape index (κ1) is 20.9. The molecule has 0 spiro atoms. The number of esters is 1. The highest BCUT2D eigenvalue weighted by Crippen LogP contribution is 2.32. The molecule has 0 saturated heterocycles. The first-order valence-electron chi connectivity index (χ1n) is 9.50. The minimum atomic E-state index is -0.471. The second-order valence-electron chi connectivity index (χ2n) is 7.06. The quantitative estimate of drug-likeness (QED) is 0.429. The molecule has 0 bridgehead atoms. The number of hydrazine groups is 1. The largest absolute Gasteiger partial charge is 0.469 e. The van der Waals surface area contributed by atoms with E-state index in [0.29, 0.717) is 28.7 Å². The number of carbonyl (C=O) groups is 3. The first-order chi connectivity index (χ1) is 13.9. The molecule has 0 fully saturated rings. The molecule has 0 aliphatic heterocycles. The molecule has 0 saturated carbocycles. The van der Waals surface area contributed by atoms with Gasteiger partial charge >= 0.3 is 5.97 Å². The Balaban J connectivity index is 1.47. The van der Waals surface area contributed by atoms with Gasteiger partial charge in [0, 0.05) is 17.4 Å².